The smallest absolute Gasteiger partial charge is 0.337 e. The second kappa shape index (κ2) is 6.72. The lowest BCUT2D eigenvalue weighted by Crippen LogP contribution is -2.12. The molecule has 1 N–H and O–H groups in total. The molecule has 0 unspecified atom stereocenters. The Morgan fingerprint density at radius 2 is 1.91 bits per heavy atom. The molecule has 0 aliphatic rings. The van der Waals surface area contributed by atoms with Crippen LogP contribution in [0, 0.1) is 0 Å². The quantitative estimate of drug-likeness (QED) is 0.729. The lowest BCUT2D eigenvalue weighted by Gasteiger charge is -2.04. The predicted molar refractivity (Wildman–Crippen MR) is 91.2 cm³/mol. The SMILES string of the molecule is COC(=O)c1ccc(NC(=O)c2csc(-c3ccsc3)n2)cc1. The van der Waals surface area contributed by atoms with Gasteiger partial charge in [0, 0.05) is 22.0 Å². The molecular weight excluding hydrogens is 332 g/mol. The number of carbonyl (C=O) groups is 2. The number of amides is 1. The van der Waals surface area contributed by atoms with E-state index in [4.69, 9.17) is 0 Å². The molecule has 2 aromatic heterocycles. The van der Waals surface area contributed by atoms with Gasteiger partial charge in [0.2, 0.25) is 0 Å². The van der Waals surface area contributed by atoms with Crippen LogP contribution < -0.4 is 5.32 Å². The van der Waals surface area contributed by atoms with Crippen LogP contribution in [0.25, 0.3) is 10.6 Å². The fourth-order valence-corrected chi connectivity index (χ4v) is 3.41. The minimum atomic E-state index is -0.414. The summed E-state index contributed by atoms with van der Waals surface area (Å²) in [6.45, 7) is 0. The van der Waals surface area contributed by atoms with Crippen LogP contribution in [-0.2, 0) is 4.74 Å². The molecule has 1 aromatic carbocycles. The number of rotatable bonds is 4. The summed E-state index contributed by atoms with van der Waals surface area (Å²) in [5, 5.41) is 9.26. The van der Waals surface area contributed by atoms with Crippen LogP contribution in [0.15, 0.2) is 46.5 Å². The Labute approximate surface area is 140 Å². The molecule has 3 aromatic rings. The number of anilines is 1. The van der Waals surface area contributed by atoms with Crippen molar-refractivity contribution in [1.29, 1.82) is 0 Å². The molecule has 0 saturated heterocycles. The van der Waals surface area contributed by atoms with Gasteiger partial charge in [0.05, 0.1) is 12.7 Å². The molecule has 116 valence electrons. The molecule has 1 amide bonds. The van der Waals surface area contributed by atoms with Gasteiger partial charge >= 0.3 is 5.97 Å². The van der Waals surface area contributed by atoms with Gasteiger partial charge in [-0.15, -0.1) is 11.3 Å². The van der Waals surface area contributed by atoms with Crippen LogP contribution in [0.2, 0.25) is 0 Å². The largest absolute Gasteiger partial charge is 0.465 e. The molecule has 5 nitrogen and oxygen atoms in total. The van der Waals surface area contributed by atoms with Gasteiger partial charge in [-0.2, -0.15) is 11.3 Å². The first kappa shape index (κ1) is 15.4. The lowest BCUT2D eigenvalue weighted by molar-refractivity contribution is 0.0600. The zero-order valence-electron chi connectivity index (χ0n) is 12.1. The Kier molecular flexibility index (Phi) is 4.50. The average Bonchev–Trinajstić information content (AvgIpc) is 3.25. The van der Waals surface area contributed by atoms with Crippen molar-refractivity contribution in [3.8, 4) is 10.6 Å². The van der Waals surface area contributed by atoms with Gasteiger partial charge in [-0.05, 0) is 35.7 Å². The van der Waals surface area contributed by atoms with Gasteiger partial charge in [-0.1, -0.05) is 0 Å². The van der Waals surface area contributed by atoms with Crippen molar-refractivity contribution < 1.29 is 14.3 Å². The molecule has 2 heterocycles. The summed E-state index contributed by atoms with van der Waals surface area (Å²) in [7, 11) is 1.32. The monoisotopic (exact) mass is 344 g/mol. The first-order valence-electron chi connectivity index (χ1n) is 6.65. The van der Waals surface area contributed by atoms with Crippen molar-refractivity contribution >= 4 is 40.2 Å². The molecular formula is C16H12N2O3S2. The van der Waals surface area contributed by atoms with Crippen molar-refractivity contribution in [1.82, 2.24) is 4.98 Å². The molecule has 3 rings (SSSR count). The van der Waals surface area contributed by atoms with Crippen LogP contribution in [0.3, 0.4) is 0 Å². The van der Waals surface area contributed by atoms with Crippen molar-refractivity contribution in [2.45, 2.75) is 0 Å². The van der Waals surface area contributed by atoms with Gasteiger partial charge in [0.25, 0.3) is 5.91 Å². The van der Waals surface area contributed by atoms with E-state index in [1.807, 2.05) is 16.8 Å². The number of nitrogens with zero attached hydrogens (tertiary/aromatic N) is 1. The number of methoxy groups -OCH3 is 1. The van der Waals surface area contributed by atoms with Crippen LogP contribution in [0.1, 0.15) is 20.8 Å². The molecule has 0 bridgehead atoms. The molecule has 0 atom stereocenters. The van der Waals surface area contributed by atoms with E-state index < -0.39 is 5.97 Å². The zero-order chi connectivity index (χ0) is 16.2. The third-order valence-electron chi connectivity index (χ3n) is 3.07. The van der Waals surface area contributed by atoms with Crippen molar-refractivity contribution in [3.05, 3.63) is 57.7 Å². The second-order valence-corrected chi connectivity index (χ2v) is 6.21. The maximum Gasteiger partial charge on any atom is 0.337 e. The second-order valence-electron chi connectivity index (χ2n) is 4.57. The molecule has 7 heteroatoms. The number of thiophene rings is 1. The van der Waals surface area contributed by atoms with Crippen LogP contribution in [0.4, 0.5) is 5.69 Å². The molecule has 0 fully saturated rings. The standard InChI is InChI=1S/C16H12N2O3S2/c1-21-16(20)10-2-4-12(5-3-10)17-14(19)13-9-23-15(18-13)11-6-7-22-8-11/h2-9H,1H3,(H,17,19). The minimum Gasteiger partial charge on any atom is -0.465 e. The lowest BCUT2D eigenvalue weighted by atomic mass is 10.2. The summed E-state index contributed by atoms with van der Waals surface area (Å²) >= 11 is 3.02. The van der Waals surface area contributed by atoms with Gasteiger partial charge in [0.15, 0.2) is 0 Å². The van der Waals surface area contributed by atoms with Crippen LogP contribution >= 0.6 is 22.7 Å². The molecule has 0 radical (unpaired) electrons. The van der Waals surface area contributed by atoms with E-state index in [9.17, 15) is 9.59 Å². The first-order valence-corrected chi connectivity index (χ1v) is 8.47. The fourth-order valence-electron chi connectivity index (χ4n) is 1.90. The Balaban J connectivity index is 1.71. The average molecular weight is 344 g/mol. The summed E-state index contributed by atoms with van der Waals surface area (Å²) in [5.41, 5.74) is 2.40. The molecule has 0 aliphatic carbocycles. The van der Waals surface area contributed by atoms with E-state index in [1.165, 1.54) is 18.4 Å². The number of hydrogen-bond acceptors (Lipinski definition) is 6. The topological polar surface area (TPSA) is 68.3 Å². The Bertz CT molecular complexity index is 823. The Hall–Kier alpha value is -2.51. The number of thiazole rings is 1. The summed E-state index contributed by atoms with van der Waals surface area (Å²) in [6.07, 6.45) is 0. The number of esters is 1. The summed E-state index contributed by atoms with van der Waals surface area (Å²) in [4.78, 5) is 27.9. The summed E-state index contributed by atoms with van der Waals surface area (Å²) in [6, 6.07) is 8.46. The maximum absolute atomic E-state index is 12.2. The fraction of sp³-hybridized carbons (Fsp3) is 0.0625. The van der Waals surface area contributed by atoms with Gasteiger partial charge < -0.3 is 10.1 Å². The van der Waals surface area contributed by atoms with Gasteiger partial charge in [0.1, 0.15) is 10.7 Å². The van der Waals surface area contributed by atoms with E-state index in [1.54, 1.807) is 41.0 Å². The zero-order valence-corrected chi connectivity index (χ0v) is 13.7. The Morgan fingerprint density at radius 1 is 1.13 bits per heavy atom. The van der Waals surface area contributed by atoms with Gasteiger partial charge in [-0.25, -0.2) is 9.78 Å². The molecule has 0 saturated carbocycles. The first-order chi connectivity index (χ1) is 11.2. The number of carbonyl (C=O) groups excluding carboxylic acids is 2. The number of benzene rings is 1. The van der Waals surface area contributed by atoms with E-state index in [0.29, 0.717) is 16.9 Å². The highest BCUT2D eigenvalue weighted by atomic mass is 32.1. The number of nitrogens with one attached hydrogen (secondary N) is 1. The van der Waals surface area contributed by atoms with E-state index in [0.717, 1.165) is 10.6 Å². The third kappa shape index (κ3) is 3.46. The van der Waals surface area contributed by atoms with Crippen molar-refractivity contribution in [2.75, 3.05) is 12.4 Å². The van der Waals surface area contributed by atoms with E-state index >= 15 is 0 Å². The Morgan fingerprint density at radius 3 is 2.57 bits per heavy atom. The highest BCUT2D eigenvalue weighted by molar-refractivity contribution is 7.14. The number of aromatic nitrogens is 1. The van der Waals surface area contributed by atoms with Crippen LogP contribution in [0.5, 0.6) is 0 Å². The van der Waals surface area contributed by atoms with E-state index in [2.05, 4.69) is 15.0 Å². The predicted octanol–water partition coefficient (Wildman–Crippen LogP) is 3.91. The maximum atomic E-state index is 12.2. The summed E-state index contributed by atoms with van der Waals surface area (Å²) in [5.74, 6) is -0.698. The summed E-state index contributed by atoms with van der Waals surface area (Å²) < 4.78 is 4.63. The molecule has 0 aliphatic heterocycles. The number of hydrogen-bond donors (Lipinski definition) is 1. The minimum absolute atomic E-state index is 0.284. The van der Waals surface area contributed by atoms with Crippen molar-refractivity contribution in [3.63, 3.8) is 0 Å². The molecule has 23 heavy (non-hydrogen) atoms. The van der Waals surface area contributed by atoms with Crippen LogP contribution in [-0.4, -0.2) is 24.0 Å². The van der Waals surface area contributed by atoms with Crippen molar-refractivity contribution in [2.24, 2.45) is 0 Å². The highest BCUT2D eigenvalue weighted by Gasteiger charge is 2.13. The van der Waals surface area contributed by atoms with E-state index in [-0.39, 0.29) is 5.91 Å². The normalized spacial score (nSPS) is 10.3. The third-order valence-corrected chi connectivity index (χ3v) is 4.64. The van der Waals surface area contributed by atoms with Gasteiger partial charge in [-0.3, -0.25) is 4.79 Å². The highest BCUT2D eigenvalue weighted by Crippen LogP contribution is 2.26. The molecule has 0 spiro atoms. The number of ether oxygens (including phenoxy) is 1.